The quantitative estimate of drug-likeness (QED) is 0.651. The van der Waals surface area contributed by atoms with Gasteiger partial charge in [-0.1, -0.05) is 11.6 Å². The van der Waals surface area contributed by atoms with Crippen LogP contribution in [0.15, 0.2) is 45.2 Å². The number of halogens is 1. The summed E-state index contributed by atoms with van der Waals surface area (Å²) in [6, 6.07) is 7.44. The van der Waals surface area contributed by atoms with Crippen molar-refractivity contribution in [2.24, 2.45) is 10.2 Å². The predicted octanol–water partition coefficient (Wildman–Crippen LogP) is 4.69. The maximum absolute atomic E-state index is 12.0. The number of hydrogen-bond acceptors (Lipinski definition) is 3. The maximum Gasteiger partial charge on any atom is 0.311 e. The van der Waals surface area contributed by atoms with Crippen molar-refractivity contribution in [2.75, 3.05) is 0 Å². The number of aromatic hydroxyl groups is 1. The van der Waals surface area contributed by atoms with Crippen molar-refractivity contribution >= 4 is 38.4 Å². The summed E-state index contributed by atoms with van der Waals surface area (Å²) >= 11 is 3.26. The Morgan fingerprint density at radius 2 is 2.17 bits per heavy atom. The molecule has 7 heteroatoms. The second-order valence-electron chi connectivity index (χ2n) is 5.17. The first-order chi connectivity index (χ1) is 11.0. The first-order valence-electron chi connectivity index (χ1n) is 7.13. The number of fused-ring (bicyclic) bond motifs is 1. The summed E-state index contributed by atoms with van der Waals surface area (Å²) in [4.78, 5) is 14.8. The molecule has 1 aromatic carbocycles. The van der Waals surface area contributed by atoms with Gasteiger partial charge in [0.1, 0.15) is 5.69 Å². The number of aromatic amines is 1. The molecule has 1 amide bonds. The number of nitrogens with zero attached hydrogens (tertiary/aromatic N) is 3. The number of amides is 1. The van der Waals surface area contributed by atoms with Gasteiger partial charge in [-0.3, -0.25) is 4.79 Å². The van der Waals surface area contributed by atoms with E-state index in [0.717, 1.165) is 20.9 Å². The number of H-pyrrole nitrogens is 1. The minimum absolute atomic E-state index is 0.0114. The minimum Gasteiger partial charge on any atom is -0.493 e. The average Bonchev–Trinajstić information content (AvgIpc) is 3.06. The molecule has 0 spiro atoms. The predicted molar refractivity (Wildman–Crippen MR) is 91.4 cm³/mol. The van der Waals surface area contributed by atoms with Crippen molar-refractivity contribution in [1.82, 2.24) is 9.55 Å². The number of azo groups is 1. The zero-order valence-corrected chi connectivity index (χ0v) is 14.3. The first-order valence-corrected chi connectivity index (χ1v) is 7.92. The lowest BCUT2D eigenvalue weighted by Crippen LogP contribution is -1.93. The Bertz CT molecular complexity index is 924. The van der Waals surface area contributed by atoms with Crippen LogP contribution in [0.25, 0.3) is 10.9 Å². The SMILES string of the molecule is CCn1c(O)c(N=NC(=O)c2cc(Br)c[nH]2)c2cc(C)ccc21. The molecule has 3 aromatic rings. The van der Waals surface area contributed by atoms with E-state index in [4.69, 9.17) is 0 Å². The molecular formula is C16H15BrN4O2. The Labute approximate surface area is 141 Å². The number of nitrogens with one attached hydrogen (secondary N) is 1. The number of carbonyl (C=O) groups excluding carboxylic acids is 1. The van der Waals surface area contributed by atoms with Crippen LogP contribution in [-0.2, 0) is 6.54 Å². The highest BCUT2D eigenvalue weighted by Crippen LogP contribution is 2.39. The van der Waals surface area contributed by atoms with Gasteiger partial charge in [-0.05, 0) is 48.0 Å². The molecule has 2 aromatic heterocycles. The van der Waals surface area contributed by atoms with Gasteiger partial charge in [0.2, 0.25) is 5.88 Å². The molecule has 0 bridgehead atoms. The lowest BCUT2D eigenvalue weighted by Gasteiger charge is -2.01. The van der Waals surface area contributed by atoms with E-state index in [9.17, 15) is 9.90 Å². The molecule has 0 unspecified atom stereocenters. The van der Waals surface area contributed by atoms with Crippen LogP contribution >= 0.6 is 15.9 Å². The van der Waals surface area contributed by atoms with Crippen molar-refractivity contribution in [3.63, 3.8) is 0 Å². The van der Waals surface area contributed by atoms with E-state index in [0.29, 0.717) is 17.9 Å². The van der Waals surface area contributed by atoms with E-state index in [1.165, 1.54) is 0 Å². The van der Waals surface area contributed by atoms with Gasteiger partial charge in [0, 0.05) is 22.6 Å². The Kier molecular flexibility index (Phi) is 4.04. The molecular weight excluding hydrogens is 360 g/mol. The van der Waals surface area contributed by atoms with Gasteiger partial charge in [-0.15, -0.1) is 10.2 Å². The number of aryl methyl sites for hydroxylation is 2. The van der Waals surface area contributed by atoms with Gasteiger partial charge in [0.05, 0.1) is 5.52 Å². The molecule has 23 heavy (non-hydrogen) atoms. The third-order valence-electron chi connectivity index (χ3n) is 3.60. The molecule has 118 valence electrons. The Morgan fingerprint density at radius 3 is 2.83 bits per heavy atom. The van der Waals surface area contributed by atoms with E-state index >= 15 is 0 Å². The van der Waals surface area contributed by atoms with Gasteiger partial charge in [0.15, 0.2) is 5.69 Å². The number of carbonyl (C=O) groups is 1. The van der Waals surface area contributed by atoms with Crippen LogP contribution < -0.4 is 0 Å². The van der Waals surface area contributed by atoms with Gasteiger partial charge in [-0.25, -0.2) is 0 Å². The largest absolute Gasteiger partial charge is 0.493 e. The number of benzene rings is 1. The van der Waals surface area contributed by atoms with Crippen LogP contribution in [0, 0.1) is 6.92 Å². The lowest BCUT2D eigenvalue weighted by molar-refractivity contribution is 0.0991. The fourth-order valence-corrected chi connectivity index (χ4v) is 2.84. The van der Waals surface area contributed by atoms with Gasteiger partial charge < -0.3 is 14.7 Å². The maximum atomic E-state index is 12.0. The Hall–Kier alpha value is -2.41. The monoisotopic (exact) mass is 374 g/mol. The van der Waals surface area contributed by atoms with Gasteiger partial charge in [0.25, 0.3) is 0 Å². The van der Waals surface area contributed by atoms with Crippen molar-refractivity contribution in [1.29, 1.82) is 0 Å². The molecule has 6 nitrogen and oxygen atoms in total. The number of hydrogen-bond donors (Lipinski definition) is 2. The fourth-order valence-electron chi connectivity index (χ4n) is 2.50. The Morgan fingerprint density at radius 1 is 1.39 bits per heavy atom. The molecule has 0 aliphatic heterocycles. The van der Waals surface area contributed by atoms with Crippen molar-refractivity contribution in [3.05, 3.63) is 46.2 Å². The molecule has 0 saturated carbocycles. The highest BCUT2D eigenvalue weighted by molar-refractivity contribution is 9.10. The van der Waals surface area contributed by atoms with Crippen LogP contribution in [0.1, 0.15) is 23.0 Å². The van der Waals surface area contributed by atoms with Crippen molar-refractivity contribution in [2.45, 2.75) is 20.4 Å². The molecule has 0 fully saturated rings. The summed E-state index contributed by atoms with van der Waals surface area (Å²) in [5.74, 6) is -0.488. The third kappa shape index (κ3) is 2.79. The highest BCUT2D eigenvalue weighted by Gasteiger charge is 2.16. The van der Waals surface area contributed by atoms with Crippen LogP contribution in [0.5, 0.6) is 5.88 Å². The molecule has 0 atom stereocenters. The first kappa shape index (κ1) is 15.5. The standard InChI is InChI=1S/C16H15BrN4O2/c1-3-21-13-5-4-9(2)6-11(13)14(16(21)23)19-20-15(22)12-7-10(17)8-18-12/h4-8,18,23H,3H2,1-2H3. The second kappa shape index (κ2) is 6.00. The fraction of sp³-hybridized carbons (Fsp3) is 0.188. The molecule has 3 rings (SSSR count). The number of aromatic nitrogens is 2. The summed E-state index contributed by atoms with van der Waals surface area (Å²) in [5, 5.41) is 18.9. The van der Waals surface area contributed by atoms with Crippen LogP contribution in [0.2, 0.25) is 0 Å². The summed E-state index contributed by atoms with van der Waals surface area (Å²) in [6.45, 7) is 4.49. The topological polar surface area (TPSA) is 82.7 Å². The zero-order chi connectivity index (χ0) is 16.6. The summed E-state index contributed by atoms with van der Waals surface area (Å²) < 4.78 is 2.50. The third-order valence-corrected chi connectivity index (χ3v) is 4.06. The van der Waals surface area contributed by atoms with E-state index in [-0.39, 0.29) is 5.88 Å². The minimum atomic E-state index is -0.500. The van der Waals surface area contributed by atoms with Crippen molar-refractivity contribution < 1.29 is 9.90 Å². The normalized spacial score (nSPS) is 11.6. The Balaban J connectivity index is 2.05. The highest BCUT2D eigenvalue weighted by atomic mass is 79.9. The molecule has 0 radical (unpaired) electrons. The van der Waals surface area contributed by atoms with Crippen LogP contribution in [-0.4, -0.2) is 20.6 Å². The number of rotatable bonds is 3. The van der Waals surface area contributed by atoms with Crippen molar-refractivity contribution in [3.8, 4) is 5.88 Å². The summed E-state index contributed by atoms with van der Waals surface area (Å²) in [5.41, 5.74) is 2.54. The van der Waals surface area contributed by atoms with Gasteiger partial charge >= 0.3 is 5.91 Å². The van der Waals surface area contributed by atoms with Crippen LogP contribution in [0.4, 0.5) is 5.69 Å². The second-order valence-corrected chi connectivity index (χ2v) is 6.09. The average molecular weight is 375 g/mol. The summed E-state index contributed by atoms with van der Waals surface area (Å²) in [6.07, 6.45) is 1.65. The molecule has 0 saturated heterocycles. The van der Waals surface area contributed by atoms with Gasteiger partial charge in [-0.2, -0.15) is 0 Å². The van der Waals surface area contributed by atoms with E-state index < -0.39 is 5.91 Å². The molecule has 2 N–H and O–H groups in total. The van der Waals surface area contributed by atoms with E-state index in [1.807, 2.05) is 32.0 Å². The molecule has 0 aliphatic carbocycles. The smallest absolute Gasteiger partial charge is 0.311 e. The zero-order valence-electron chi connectivity index (χ0n) is 12.7. The van der Waals surface area contributed by atoms with E-state index in [1.54, 1.807) is 16.8 Å². The molecule has 2 heterocycles. The summed E-state index contributed by atoms with van der Waals surface area (Å²) in [7, 11) is 0. The lowest BCUT2D eigenvalue weighted by atomic mass is 10.1. The van der Waals surface area contributed by atoms with Crippen LogP contribution in [0.3, 0.4) is 0 Å². The molecule has 0 aliphatic rings. The van der Waals surface area contributed by atoms with E-state index in [2.05, 4.69) is 31.1 Å².